The zero-order valence-electron chi connectivity index (χ0n) is 10.2. The van der Waals surface area contributed by atoms with Gasteiger partial charge in [-0.2, -0.15) is 0 Å². The van der Waals surface area contributed by atoms with Crippen molar-refractivity contribution in [2.24, 2.45) is 0 Å². The second kappa shape index (κ2) is 5.90. The summed E-state index contributed by atoms with van der Waals surface area (Å²) in [4.78, 5) is 2.30. The number of ether oxygens (including phenoxy) is 1. The van der Waals surface area contributed by atoms with Gasteiger partial charge in [-0.15, -0.1) is 5.10 Å². The third kappa shape index (κ3) is 3.74. The Balaban J connectivity index is 2.00. The maximum absolute atomic E-state index is 5.32. The highest BCUT2D eigenvalue weighted by molar-refractivity contribution is 7.73. The Morgan fingerprint density at radius 2 is 2.18 bits per heavy atom. The summed E-state index contributed by atoms with van der Waals surface area (Å²) >= 11 is 6.84. The smallest absolute Gasteiger partial charge is 0.204 e. The van der Waals surface area contributed by atoms with Crippen LogP contribution in [0.2, 0.25) is 0 Å². The van der Waals surface area contributed by atoms with Crippen LogP contribution in [0.3, 0.4) is 0 Å². The van der Waals surface area contributed by atoms with Crippen molar-refractivity contribution in [2.45, 2.75) is 26.6 Å². The average molecular weight is 274 g/mol. The molecular weight excluding hydrogens is 256 g/mol. The van der Waals surface area contributed by atoms with Crippen LogP contribution in [0.4, 0.5) is 5.13 Å². The van der Waals surface area contributed by atoms with Gasteiger partial charge in [-0.3, -0.25) is 4.90 Å². The van der Waals surface area contributed by atoms with Crippen LogP contribution in [0.5, 0.6) is 0 Å². The Labute approximate surface area is 110 Å². The molecule has 5 nitrogen and oxygen atoms in total. The van der Waals surface area contributed by atoms with Crippen LogP contribution in [0.1, 0.15) is 13.8 Å². The van der Waals surface area contributed by atoms with E-state index in [1.54, 1.807) is 0 Å². The molecule has 0 atom stereocenters. The molecule has 0 spiro atoms. The topological polar surface area (TPSA) is 42.3 Å². The van der Waals surface area contributed by atoms with E-state index in [0.29, 0.717) is 6.04 Å². The van der Waals surface area contributed by atoms with E-state index in [0.717, 1.165) is 42.1 Å². The van der Waals surface area contributed by atoms with Crippen LogP contribution in [0.25, 0.3) is 0 Å². The van der Waals surface area contributed by atoms with E-state index in [2.05, 4.69) is 29.2 Å². The molecule has 1 N–H and O–H groups in total. The van der Waals surface area contributed by atoms with Gasteiger partial charge in [0, 0.05) is 19.1 Å². The quantitative estimate of drug-likeness (QED) is 0.848. The molecule has 2 rings (SSSR count). The zero-order valence-corrected chi connectivity index (χ0v) is 11.8. The summed E-state index contributed by atoms with van der Waals surface area (Å²) in [7, 11) is 0. The van der Waals surface area contributed by atoms with Crippen molar-refractivity contribution in [1.82, 2.24) is 14.7 Å². The van der Waals surface area contributed by atoms with E-state index in [-0.39, 0.29) is 0 Å². The molecule has 0 aromatic carbocycles. The van der Waals surface area contributed by atoms with Gasteiger partial charge in [0.15, 0.2) is 3.95 Å². The van der Waals surface area contributed by atoms with E-state index in [1.165, 1.54) is 11.3 Å². The fourth-order valence-electron chi connectivity index (χ4n) is 1.63. The molecule has 1 saturated heterocycles. The number of nitrogens with one attached hydrogen (secondary N) is 1. The summed E-state index contributed by atoms with van der Waals surface area (Å²) in [6.07, 6.45) is 0. The monoisotopic (exact) mass is 274 g/mol. The van der Waals surface area contributed by atoms with Crippen LogP contribution in [-0.2, 0) is 11.4 Å². The van der Waals surface area contributed by atoms with Crippen LogP contribution >= 0.6 is 23.6 Å². The average Bonchev–Trinajstić information content (AvgIpc) is 2.59. The molecule has 17 heavy (non-hydrogen) atoms. The molecule has 1 aliphatic heterocycles. The minimum Gasteiger partial charge on any atom is -0.379 e. The molecule has 0 unspecified atom stereocenters. The SMILES string of the molecule is CC(C)Nc1nn(CN2CCOCC2)c(=S)s1. The van der Waals surface area contributed by atoms with Gasteiger partial charge in [0.2, 0.25) is 5.13 Å². The van der Waals surface area contributed by atoms with Crippen molar-refractivity contribution in [3.8, 4) is 0 Å². The highest BCUT2D eigenvalue weighted by atomic mass is 32.1. The van der Waals surface area contributed by atoms with Gasteiger partial charge in [-0.25, -0.2) is 4.68 Å². The summed E-state index contributed by atoms with van der Waals surface area (Å²) in [6.45, 7) is 8.45. The molecule has 1 aliphatic rings. The molecule has 0 radical (unpaired) electrons. The van der Waals surface area contributed by atoms with Crippen molar-refractivity contribution in [1.29, 1.82) is 0 Å². The predicted molar refractivity (Wildman–Crippen MR) is 72.1 cm³/mol. The summed E-state index contributed by atoms with van der Waals surface area (Å²) in [6, 6.07) is 0.382. The predicted octanol–water partition coefficient (Wildman–Crippen LogP) is 1.78. The fourth-order valence-corrected chi connectivity index (χ4v) is 2.77. The summed E-state index contributed by atoms with van der Waals surface area (Å²) in [5, 5.41) is 8.66. The standard InChI is InChI=1S/C10H18N4OS2/c1-8(2)11-9-12-14(10(16)17-9)7-13-3-5-15-6-4-13/h8H,3-7H2,1-2H3,(H,11,12). The first-order valence-corrected chi connectivity index (χ1v) is 7.02. The molecule has 7 heteroatoms. The summed E-state index contributed by atoms with van der Waals surface area (Å²) in [5.41, 5.74) is 0. The second-order valence-corrected chi connectivity index (χ2v) is 5.97. The van der Waals surface area contributed by atoms with Gasteiger partial charge in [0.05, 0.1) is 19.9 Å². The minimum absolute atomic E-state index is 0.382. The van der Waals surface area contributed by atoms with Crippen molar-refractivity contribution in [3.05, 3.63) is 3.95 Å². The molecule has 0 saturated carbocycles. The van der Waals surface area contributed by atoms with Gasteiger partial charge in [-0.05, 0) is 26.1 Å². The number of rotatable bonds is 4. The second-order valence-electron chi connectivity index (χ2n) is 4.34. The van der Waals surface area contributed by atoms with Gasteiger partial charge in [0.25, 0.3) is 0 Å². The lowest BCUT2D eigenvalue weighted by molar-refractivity contribution is 0.0212. The van der Waals surface area contributed by atoms with Crippen molar-refractivity contribution in [3.63, 3.8) is 0 Å². The molecule has 1 aromatic heterocycles. The third-order valence-corrected chi connectivity index (χ3v) is 3.70. The van der Waals surface area contributed by atoms with Crippen LogP contribution < -0.4 is 5.32 Å². The Hall–Kier alpha value is -0.500. The largest absolute Gasteiger partial charge is 0.379 e. The molecule has 1 fully saturated rings. The van der Waals surface area contributed by atoms with Gasteiger partial charge < -0.3 is 10.1 Å². The van der Waals surface area contributed by atoms with E-state index in [4.69, 9.17) is 17.0 Å². The number of hydrogen-bond donors (Lipinski definition) is 1. The number of anilines is 1. The van der Waals surface area contributed by atoms with Crippen molar-refractivity contribution < 1.29 is 4.74 Å². The van der Waals surface area contributed by atoms with E-state index in [9.17, 15) is 0 Å². The first-order chi connectivity index (χ1) is 8.15. The minimum atomic E-state index is 0.382. The van der Waals surface area contributed by atoms with Crippen molar-refractivity contribution >= 4 is 28.7 Å². The van der Waals surface area contributed by atoms with Gasteiger partial charge in [-0.1, -0.05) is 11.3 Å². The van der Waals surface area contributed by atoms with Gasteiger partial charge in [0.1, 0.15) is 0 Å². The molecular formula is C10H18N4OS2. The Bertz CT molecular complexity index is 409. The Morgan fingerprint density at radius 3 is 2.82 bits per heavy atom. The molecule has 0 amide bonds. The first-order valence-electron chi connectivity index (χ1n) is 5.80. The maximum Gasteiger partial charge on any atom is 0.204 e. The lowest BCUT2D eigenvalue weighted by atomic mass is 10.4. The fraction of sp³-hybridized carbons (Fsp3) is 0.800. The van der Waals surface area contributed by atoms with Crippen molar-refractivity contribution in [2.75, 3.05) is 31.6 Å². The van der Waals surface area contributed by atoms with E-state index in [1.807, 2.05) is 4.68 Å². The summed E-state index contributed by atoms with van der Waals surface area (Å²) < 4.78 is 8.02. The van der Waals surface area contributed by atoms with Crippen LogP contribution in [-0.4, -0.2) is 47.0 Å². The normalized spacial score (nSPS) is 17.6. The van der Waals surface area contributed by atoms with Crippen LogP contribution in [0.15, 0.2) is 0 Å². The Kier molecular flexibility index (Phi) is 4.49. The van der Waals surface area contributed by atoms with E-state index < -0.39 is 0 Å². The number of hydrogen-bond acceptors (Lipinski definition) is 6. The molecule has 1 aromatic rings. The Morgan fingerprint density at radius 1 is 1.47 bits per heavy atom. The first kappa shape index (κ1) is 12.9. The number of aromatic nitrogens is 2. The van der Waals surface area contributed by atoms with Gasteiger partial charge >= 0.3 is 0 Å². The highest BCUT2D eigenvalue weighted by Gasteiger charge is 2.12. The zero-order chi connectivity index (χ0) is 12.3. The number of nitrogens with zero attached hydrogens (tertiary/aromatic N) is 3. The number of morpholine rings is 1. The lowest BCUT2D eigenvalue weighted by Gasteiger charge is -2.26. The van der Waals surface area contributed by atoms with Crippen LogP contribution in [0, 0.1) is 3.95 Å². The highest BCUT2D eigenvalue weighted by Crippen LogP contribution is 2.15. The third-order valence-electron chi connectivity index (χ3n) is 2.46. The molecule has 0 aliphatic carbocycles. The molecule has 2 heterocycles. The summed E-state index contributed by atoms with van der Waals surface area (Å²) in [5.74, 6) is 0. The lowest BCUT2D eigenvalue weighted by Crippen LogP contribution is -2.37. The maximum atomic E-state index is 5.32. The molecule has 96 valence electrons. The molecule has 0 bridgehead atoms. The van der Waals surface area contributed by atoms with E-state index >= 15 is 0 Å².